The summed E-state index contributed by atoms with van der Waals surface area (Å²) in [5, 5.41) is 5.77. The average Bonchev–Trinajstić information content (AvgIpc) is 3.58. The first-order valence-electron chi connectivity index (χ1n) is 11.0. The van der Waals surface area contributed by atoms with Crippen molar-refractivity contribution >= 4 is 28.2 Å². The van der Waals surface area contributed by atoms with E-state index >= 15 is 0 Å². The molecular formula is C26H15ClN4O5. The SMILES string of the molecule is COc1ccc(Cl)cc1-c1nc2c3c(ncn2n1)Oc1c(c(=O)oc2ccccc12)C3c1ccco1. The fourth-order valence-electron chi connectivity index (χ4n) is 4.64. The van der Waals surface area contributed by atoms with Gasteiger partial charge in [-0.3, -0.25) is 0 Å². The van der Waals surface area contributed by atoms with E-state index in [1.807, 2.05) is 12.1 Å². The van der Waals surface area contributed by atoms with Gasteiger partial charge in [-0.2, -0.15) is 0 Å². The Kier molecular flexibility index (Phi) is 4.43. The molecule has 0 fully saturated rings. The molecule has 7 rings (SSSR count). The molecule has 0 amide bonds. The molecule has 1 aliphatic heterocycles. The summed E-state index contributed by atoms with van der Waals surface area (Å²) in [6, 6.07) is 15.9. The molecule has 2 aromatic carbocycles. The topological polar surface area (TPSA) is 105 Å². The molecular weight excluding hydrogens is 484 g/mol. The number of rotatable bonds is 3. The Morgan fingerprint density at radius 3 is 2.81 bits per heavy atom. The van der Waals surface area contributed by atoms with Crippen molar-refractivity contribution in [2.75, 3.05) is 7.11 Å². The van der Waals surface area contributed by atoms with Gasteiger partial charge >= 0.3 is 5.63 Å². The van der Waals surface area contributed by atoms with Crippen LogP contribution in [0.4, 0.5) is 0 Å². The van der Waals surface area contributed by atoms with Gasteiger partial charge in [0.25, 0.3) is 0 Å². The summed E-state index contributed by atoms with van der Waals surface area (Å²) in [7, 11) is 1.56. The minimum atomic E-state index is -0.686. The Morgan fingerprint density at radius 1 is 1.08 bits per heavy atom. The normalized spacial score (nSPS) is 14.4. The number of fused-ring (bicyclic) bond motifs is 6. The van der Waals surface area contributed by atoms with Crippen LogP contribution in [0.15, 0.2) is 80.8 Å². The van der Waals surface area contributed by atoms with Crippen LogP contribution in [0.25, 0.3) is 28.0 Å². The zero-order valence-electron chi connectivity index (χ0n) is 18.6. The average molecular weight is 499 g/mol. The number of aromatic nitrogens is 4. The molecule has 0 aliphatic carbocycles. The first-order valence-corrected chi connectivity index (χ1v) is 11.4. The van der Waals surface area contributed by atoms with Crippen molar-refractivity contribution in [1.82, 2.24) is 19.6 Å². The highest BCUT2D eigenvalue weighted by Crippen LogP contribution is 2.49. The molecule has 0 spiro atoms. The highest BCUT2D eigenvalue weighted by molar-refractivity contribution is 6.30. The van der Waals surface area contributed by atoms with E-state index in [-0.39, 0.29) is 0 Å². The molecule has 0 bridgehead atoms. The number of para-hydroxylation sites is 1. The molecule has 0 radical (unpaired) electrons. The van der Waals surface area contributed by atoms with E-state index in [1.165, 1.54) is 10.8 Å². The second-order valence-electron chi connectivity index (χ2n) is 8.19. The van der Waals surface area contributed by atoms with Gasteiger partial charge in [0.15, 0.2) is 17.2 Å². The van der Waals surface area contributed by atoms with E-state index < -0.39 is 11.5 Å². The summed E-state index contributed by atoms with van der Waals surface area (Å²) >= 11 is 6.24. The van der Waals surface area contributed by atoms with Crippen LogP contribution in [-0.2, 0) is 0 Å². The molecule has 0 saturated carbocycles. The predicted molar refractivity (Wildman–Crippen MR) is 130 cm³/mol. The molecule has 0 saturated heterocycles. The number of benzene rings is 2. The Hall–Kier alpha value is -4.63. The van der Waals surface area contributed by atoms with E-state index in [1.54, 1.807) is 55.8 Å². The van der Waals surface area contributed by atoms with Crippen LogP contribution in [0.2, 0.25) is 5.02 Å². The highest BCUT2D eigenvalue weighted by atomic mass is 35.5. The van der Waals surface area contributed by atoms with Crippen molar-refractivity contribution < 1.29 is 18.3 Å². The number of hydrogen-bond acceptors (Lipinski definition) is 8. The quantitative estimate of drug-likeness (QED) is 0.297. The van der Waals surface area contributed by atoms with Gasteiger partial charge in [0.05, 0.1) is 41.4 Å². The van der Waals surface area contributed by atoms with Gasteiger partial charge in [0.1, 0.15) is 23.4 Å². The molecule has 9 nitrogen and oxygen atoms in total. The third-order valence-corrected chi connectivity index (χ3v) is 6.43. The Balaban J connectivity index is 1.53. The summed E-state index contributed by atoms with van der Waals surface area (Å²) in [6.45, 7) is 0. The second kappa shape index (κ2) is 7.69. The first kappa shape index (κ1) is 20.7. The molecule has 1 atom stereocenters. The fourth-order valence-corrected chi connectivity index (χ4v) is 4.81. The van der Waals surface area contributed by atoms with Crippen molar-refractivity contribution in [2.45, 2.75) is 5.92 Å². The van der Waals surface area contributed by atoms with Gasteiger partial charge < -0.3 is 18.3 Å². The highest BCUT2D eigenvalue weighted by Gasteiger charge is 2.39. The van der Waals surface area contributed by atoms with Crippen LogP contribution in [0.3, 0.4) is 0 Å². The smallest absolute Gasteiger partial charge is 0.344 e. The maximum Gasteiger partial charge on any atom is 0.344 e. The number of methoxy groups -OCH3 is 1. The van der Waals surface area contributed by atoms with Crippen LogP contribution in [0, 0.1) is 0 Å². The van der Waals surface area contributed by atoms with Crippen molar-refractivity contribution in [3.63, 3.8) is 0 Å². The summed E-state index contributed by atoms with van der Waals surface area (Å²) in [4.78, 5) is 22.6. The zero-order valence-corrected chi connectivity index (χ0v) is 19.4. The van der Waals surface area contributed by atoms with Gasteiger partial charge in [-0.05, 0) is 42.5 Å². The van der Waals surface area contributed by atoms with Gasteiger partial charge in [-0.1, -0.05) is 23.7 Å². The van der Waals surface area contributed by atoms with Gasteiger partial charge in [0, 0.05) is 5.02 Å². The van der Waals surface area contributed by atoms with Crippen molar-refractivity contribution in [1.29, 1.82) is 0 Å². The van der Waals surface area contributed by atoms with Gasteiger partial charge in [-0.15, -0.1) is 5.10 Å². The minimum Gasteiger partial charge on any atom is -0.496 e. The van der Waals surface area contributed by atoms with Crippen LogP contribution in [0.5, 0.6) is 17.4 Å². The Morgan fingerprint density at radius 2 is 1.97 bits per heavy atom. The third kappa shape index (κ3) is 2.96. The fraction of sp³-hybridized carbons (Fsp3) is 0.0769. The monoisotopic (exact) mass is 498 g/mol. The maximum absolute atomic E-state index is 13.3. The molecule has 4 aromatic heterocycles. The molecule has 10 heteroatoms. The van der Waals surface area contributed by atoms with Gasteiger partial charge in [0.2, 0.25) is 5.88 Å². The largest absolute Gasteiger partial charge is 0.496 e. The predicted octanol–water partition coefficient (Wildman–Crippen LogP) is 5.44. The summed E-state index contributed by atoms with van der Waals surface area (Å²) < 4.78 is 24.7. The molecule has 176 valence electrons. The molecule has 5 heterocycles. The lowest BCUT2D eigenvalue weighted by Gasteiger charge is -2.25. The van der Waals surface area contributed by atoms with Gasteiger partial charge in [-0.25, -0.2) is 19.3 Å². The lowest BCUT2D eigenvalue weighted by atomic mass is 9.88. The van der Waals surface area contributed by atoms with Crippen molar-refractivity contribution in [3.8, 4) is 28.8 Å². The standard InChI is InChI=1S/C26H15ClN4O5/c1-33-16-9-8-13(27)11-15(16)23-29-24-21-19(18-7-4-10-34-18)20-22(36-25(21)28-12-31(24)30-23)14-5-2-3-6-17(14)35-26(20)32/h2-12,19H,1H3. The van der Waals surface area contributed by atoms with E-state index in [2.05, 4.69) is 10.1 Å². The molecule has 0 N–H and O–H groups in total. The molecule has 6 aromatic rings. The van der Waals surface area contributed by atoms with E-state index in [0.717, 1.165) is 0 Å². The summed E-state index contributed by atoms with van der Waals surface area (Å²) in [5.74, 6) is 1.44. The van der Waals surface area contributed by atoms with Crippen LogP contribution < -0.4 is 15.1 Å². The number of furan rings is 1. The summed E-state index contributed by atoms with van der Waals surface area (Å²) in [5.41, 5.74) is 1.77. The number of nitrogens with zero attached hydrogens (tertiary/aromatic N) is 4. The van der Waals surface area contributed by atoms with Crippen LogP contribution in [-0.4, -0.2) is 26.7 Å². The number of ether oxygens (including phenoxy) is 2. The molecule has 36 heavy (non-hydrogen) atoms. The lowest BCUT2D eigenvalue weighted by molar-refractivity contribution is 0.406. The lowest BCUT2D eigenvalue weighted by Crippen LogP contribution is -2.22. The van der Waals surface area contributed by atoms with E-state index in [9.17, 15) is 4.79 Å². The van der Waals surface area contributed by atoms with Crippen molar-refractivity contribution in [3.05, 3.63) is 99.5 Å². The van der Waals surface area contributed by atoms with Crippen molar-refractivity contribution in [2.24, 2.45) is 0 Å². The second-order valence-corrected chi connectivity index (χ2v) is 8.63. The Bertz CT molecular complexity index is 1860. The molecule has 1 unspecified atom stereocenters. The van der Waals surface area contributed by atoms with Crippen LogP contribution in [0.1, 0.15) is 22.8 Å². The number of halogens is 1. The molecule has 1 aliphatic rings. The number of hydrogen-bond donors (Lipinski definition) is 0. The van der Waals surface area contributed by atoms with E-state index in [0.29, 0.717) is 67.3 Å². The van der Waals surface area contributed by atoms with Crippen LogP contribution >= 0.6 is 11.6 Å². The maximum atomic E-state index is 13.3. The third-order valence-electron chi connectivity index (χ3n) is 6.19. The summed E-state index contributed by atoms with van der Waals surface area (Å²) in [6.07, 6.45) is 3.06. The Labute approximate surface area is 207 Å². The van der Waals surface area contributed by atoms with E-state index in [4.69, 9.17) is 34.9 Å². The minimum absolute atomic E-state index is 0.296. The zero-order chi connectivity index (χ0) is 24.4. The first-order chi connectivity index (χ1) is 17.6.